The van der Waals surface area contributed by atoms with Gasteiger partial charge >= 0.3 is 6.03 Å². The van der Waals surface area contributed by atoms with Crippen LogP contribution < -0.4 is 0 Å². The van der Waals surface area contributed by atoms with Gasteiger partial charge in [-0.05, 0) is 19.3 Å². The highest BCUT2D eigenvalue weighted by atomic mass is 16.2. The fourth-order valence-electron chi connectivity index (χ4n) is 2.37. The average molecular weight is 238 g/mol. The van der Waals surface area contributed by atoms with Gasteiger partial charge < -0.3 is 20.3 Å². The molecule has 2 aliphatic rings. The van der Waals surface area contributed by atoms with E-state index in [1.165, 1.54) is 12.7 Å². The van der Waals surface area contributed by atoms with E-state index in [-0.39, 0.29) is 6.03 Å². The van der Waals surface area contributed by atoms with E-state index in [0.717, 1.165) is 25.9 Å². The standard InChI is InChI=1S/C12H19N3O2/c13-11-4-7-15(8-10(11)9-16)12(17)14-5-2-1-3-6-14/h9,13,16H,1-8H2/p+1/b10-9-,13-11?. The summed E-state index contributed by atoms with van der Waals surface area (Å²) < 4.78 is 0. The number of rotatable bonds is 0. The van der Waals surface area contributed by atoms with Gasteiger partial charge in [0.1, 0.15) is 0 Å². The summed E-state index contributed by atoms with van der Waals surface area (Å²) in [7, 11) is 0. The molecule has 2 saturated heterocycles. The van der Waals surface area contributed by atoms with E-state index in [4.69, 9.17) is 10.5 Å². The predicted molar refractivity (Wildman–Crippen MR) is 66.4 cm³/mol. The van der Waals surface area contributed by atoms with Crippen molar-refractivity contribution in [3.8, 4) is 0 Å². The van der Waals surface area contributed by atoms with E-state index in [1.807, 2.05) is 4.90 Å². The lowest BCUT2D eigenvalue weighted by atomic mass is 10.0. The topological polar surface area (TPSA) is 70.3 Å². The number of hydrogen-bond acceptors (Lipinski definition) is 2. The summed E-state index contributed by atoms with van der Waals surface area (Å²) in [6.07, 6.45) is 5.18. The van der Waals surface area contributed by atoms with Crippen LogP contribution in [0.25, 0.3) is 0 Å². The highest BCUT2D eigenvalue weighted by molar-refractivity contribution is 5.99. The first-order chi connectivity index (χ1) is 8.22. The van der Waals surface area contributed by atoms with E-state index < -0.39 is 0 Å². The number of nitrogens with zero attached hydrogens (tertiary/aromatic N) is 2. The van der Waals surface area contributed by atoms with Gasteiger partial charge in [-0.25, -0.2) is 4.79 Å². The first-order valence-electron chi connectivity index (χ1n) is 6.20. The molecule has 3 N–H and O–H groups in total. The molecule has 2 heterocycles. The molecule has 94 valence electrons. The first kappa shape index (κ1) is 12.0. The molecule has 0 aliphatic carbocycles. The minimum atomic E-state index is 0.0801. The van der Waals surface area contributed by atoms with Gasteiger partial charge in [0.15, 0.2) is 0 Å². The lowest BCUT2D eigenvalue weighted by Gasteiger charge is -2.35. The Labute approximate surface area is 101 Å². The van der Waals surface area contributed by atoms with Gasteiger partial charge in [-0.1, -0.05) is 0 Å². The lowest BCUT2D eigenvalue weighted by Crippen LogP contribution is -2.49. The normalized spacial score (nSPS) is 24.2. The van der Waals surface area contributed by atoms with Crippen LogP contribution in [0.2, 0.25) is 0 Å². The predicted octanol–water partition coefficient (Wildman–Crippen LogP) is 0.926. The number of likely N-dealkylation sites (tertiary alicyclic amines) is 2. The van der Waals surface area contributed by atoms with Gasteiger partial charge in [0.05, 0.1) is 12.1 Å². The van der Waals surface area contributed by atoms with Crippen molar-refractivity contribution in [2.75, 3.05) is 26.2 Å². The third kappa shape index (κ3) is 2.60. The molecule has 0 bridgehead atoms. The quantitative estimate of drug-likeness (QED) is 0.495. The maximum Gasteiger partial charge on any atom is 0.320 e. The number of urea groups is 1. The number of hydrogen-bond donors (Lipinski definition) is 1. The minimum absolute atomic E-state index is 0.0801. The van der Waals surface area contributed by atoms with Crippen molar-refractivity contribution in [1.82, 2.24) is 9.80 Å². The molecule has 0 aromatic carbocycles. The highest BCUT2D eigenvalue weighted by Crippen LogP contribution is 2.16. The second-order valence-electron chi connectivity index (χ2n) is 4.65. The molecule has 2 aliphatic heterocycles. The van der Waals surface area contributed by atoms with Crippen molar-refractivity contribution >= 4 is 11.7 Å². The molecule has 0 saturated carbocycles. The summed E-state index contributed by atoms with van der Waals surface area (Å²) in [6.45, 7) is 2.75. The number of carbonyl (C=O) groups excluding carboxylic acids is 1. The molecule has 0 radical (unpaired) electrons. The molecule has 2 amide bonds. The Bertz CT molecular complexity index is 346. The molecule has 5 heteroatoms. The molecule has 17 heavy (non-hydrogen) atoms. The first-order valence-corrected chi connectivity index (χ1v) is 6.20. The van der Waals surface area contributed by atoms with Gasteiger partial charge in [-0.3, -0.25) is 0 Å². The van der Waals surface area contributed by atoms with Crippen LogP contribution in [0.15, 0.2) is 11.8 Å². The van der Waals surface area contributed by atoms with Crippen LogP contribution >= 0.6 is 0 Å². The summed E-state index contributed by atoms with van der Waals surface area (Å²) in [5, 5.41) is 14.9. The van der Waals surface area contributed by atoms with Gasteiger partial charge in [0.2, 0.25) is 6.26 Å². The Morgan fingerprint density at radius 3 is 2.53 bits per heavy atom. The monoisotopic (exact) mass is 238 g/mol. The van der Waals surface area contributed by atoms with Crippen molar-refractivity contribution in [3.63, 3.8) is 0 Å². The second-order valence-corrected chi connectivity index (χ2v) is 4.65. The molecular formula is C12H20N3O2+. The van der Waals surface area contributed by atoms with E-state index in [1.54, 1.807) is 4.90 Å². The number of piperidine rings is 2. The summed E-state index contributed by atoms with van der Waals surface area (Å²) in [5.41, 5.74) is 1.17. The third-order valence-electron chi connectivity index (χ3n) is 3.45. The van der Waals surface area contributed by atoms with Crippen molar-refractivity contribution < 1.29 is 9.90 Å². The largest absolute Gasteiger partial charge is 0.598 e. The summed E-state index contributed by atoms with van der Waals surface area (Å²) in [6, 6.07) is 0.0801. The van der Waals surface area contributed by atoms with Crippen molar-refractivity contribution in [2.24, 2.45) is 0 Å². The zero-order valence-electron chi connectivity index (χ0n) is 10.0. The number of amides is 2. The van der Waals surface area contributed by atoms with E-state index in [9.17, 15) is 4.79 Å². The van der Waals surface area contributed by atoms with E-state index in [0.29, 0.717) is 30.8 Å². The molecular weight excluding hydrogens is 218 g/mol. The minimum Gasteiger partial charge on any atom is -0.598 e. The van der Waals surface area contributed by atoms with Crippen molar-refractivity contribution in [1.29, 1.82) is 5.41 Å². The molecule has 2 rings (SSSR count). The third-order valence-corrected chi connectivity index (χ3v) is 3.45. The van der Waals surface area contributed by atoms with Crippen LogP contribution in [0, 0.1) is 5.41 Å². The van der Waals surface area contributed by atoms with Crippen LogP contribution in [0.5, 0.6) is 0 Å². The fourth-order valence-corrected chi connectivity index (χ4v) is 2.37. The summed E-state index contributed by atoms with van der Waals surface area (Å²) in [4.78, 5) is 15.9. The van der Waals surface area contributed by atoms with Crippen LogP contribution in [-0.2, 0) is 0 Å². The van der Waals surface area contributed by atoms with Crippen molar-refractivity contribution in [3.05, 3.63) is 11.8 Å². The van der Waals surface area contributed by atoms with Crippen LogP contribution in [-0.4, -0.2) is 52.8 Å². The second kappa shape index (κ2) is 5.21. The Morgan fingerprint density at radius 2 is 1.88 bits per heavy atom. The lowest BCUT2D eigenvalue weighted by molar-refractivity contribution is 0.147. The molecule has 0 atom stereocenters. The maximum atomic E-state index is 12.2. The van der Waals surface area contributed by atoms with Gasteiger partial charge in [0, 0.05) is 31.8 Å². The van der Waals surface area contributed by atoms with Crippen molar-refractivity contribution in [2.45, 2.75) is 25.7 Å². The fraction of sp³-hybridized carbons (Fsp3) is 0.667. The Morgan fingerprint density at radius 1 is 1.18 bits per heavy atom. The smallest absolute Gasteiger partial charge is 0.320 e. The zero-order valence-corrected chi connectivity index (χ0v) is 10.0. The molecule has 0 unspecified atom stereocenters. The van der Waals surface area contributed by atoms with Gasteiger partial charge in [-0.2, -0.15) is 0 Å². The number of nitrogens with one attached hydrogen (secondary N) is 1. The SMILES string of the molecule is N=C1CCN(C(=O)N2CCCCC2)C/C1=C/[OH2+]. The number of carbonyl (C=O) groups is 1. The van der Waals surface area contributed by atoms with Gasteiger partial charge in [0.25, 0.3) is 0 Å². The maximum absolute atomic E-state index is 12.2. The van der Waals surface area contributed by atoms with Gasteiger partial charge in [-0.15, -0.1) is 0 Å². The van der Waals surface area contributed by atoms with Crippen LogP contribution in [0.1, 0.15) is 25.7 Å². The Balaban J connectivity index is 1.97. The van der Waals surface area contributed by atoms with E-state index >= 15 is 0 Å². The summed E-state index contributed by atoms with van der Waals surface area (Å²) >= 11 is 0. The van der Waals surface area contributed by atoms with E-state index in [2.05, 4.69) is 0 Å². The average Bonchev–Trinajstić information content (AvgIpc) is 2.39. The molecule has 0 spiro atoms. The molecule has 0 aromatic rings. The van der Waals surface area contributed by atoms with Crippen LogP contribution in [0.4, 0.5) is 4.79 Å². The molecule has 2 fully saturated rings. The molecule has 5 nitrogen and oxygen atoms in total. The zero-order chi connectivity index (χ0) is 12.3. The van der Waals surface area contributed by atoms with Crippen LogP contribution in [0.3, 0.4) is 0 Å². The molecule has 0 aromatic heterocycles. The Kier molecular flexibility index (Phi) is 3.66. The highest BCUT2D eigenvalue weighted by Gasteiger charge is 2.28. The Hall–Kier alpha value is -1.52. The summed E-state index contributed by atoms with van der Waals surface area (Å²) in [5.74, 6) is 0.